The van der Waals surface area contributed by atoms with Crippen molar-refractivity contribution in [3.8, 4) is 0 Å². The molecule has 0 amide bonds. The molecule has 0 fully saturated rings. The Morgan fingerprint density at radius 2 is 2.31 bits per heavy atom. The summed E-state index contributed by atoms with van der Waals surface area (Å²) in [6.07, 6.45) is 1.39. The van der Waals surface area contributed by atoms with Gasteiger partial charge in [0.25, 0.3) is 0 Å². The molecular formula is C7H12N6. The predicted octanol–water partition coefficient (Wildman–Crippen LogP) is 0.171. The number of hydrogen-bond acceptors (Lipinski definition) is 6. The van der Waals surface area contributed by atoms with E-state index in [-0.39, 0.29) is 18.2 Å². The molecule has 70 valence electrons. The number of amidine groups is 1. The molecule has 2 rings (SSSR count). The minimum atomic E-state index is -0.188. The average Bonchev–Trinajstić information content (AvgIpc) is 2.48. The highest BCUT2D eigenvalue weighted by molar-refractivity contribution is 5.94. The van der Waals surface area contributed by atoms with Crippen LogP contribution < -0.4 is 5.73 Å². The van der Waals surface area contributed by atoms with Crippen LogP contribution in [-0.2, 0) is 0 Å². The summed E-state index contributed by atoms with van der Waals surface area (Å²) in [6.45, 7) is 4.08. The fourth-order valence-corrected chi connectivity index (χ4v) is 1.39. The molecule has 0 aromatic heterocycles. The van der Waals surface area contributed by atoms with Crippen LogP contribution in [0.5, 0.6) is 0 Å². The van der Waals surface area contributed by atoms with Gasteiger partial charge in [0.2, 0.25) is 0 Å². The molecule has 6 nitrogen and oxygen atoms in total. The van der Waals surface area contributed by atoms with E-state index in [1.807, 2.05) is 18.9 Å². The molecule has 13 heavy (non-hydrogen) atoms. The van der Waals surface area contributed by atoms with Gasteiger partial charge in [-0.05, 0) is 13.8 Å². The number of hydrogen-bond donors (Lipinski definition) is 1. The molecule has 2 aliphatic heterocycles. The van der Waals surface area contributed by atoms with Gasteiger partial charge in [0.05, 0.1) is 0 Å². The van der Waals surface area contributed by atoms with Crippen molar-refractivity contribution in [3.63, 3.8) is 0 Å². The van der Waals surface area contributed by atoms with Crippen LogP contribution in [0.25, 0.3) is 0 Å². The third-order valence-corrected chi connectivity index (χ3v) is 2.09. The standard InChI is InChI=1S/C7H12N6/c1-4(2)13-7-5(11-12-13)6(8)9-3-10-7/h3-5,7H,1-2H3,(H2,8,9,10). The van der Waals surface area contributed by atoms with Crippen molar-refractivity contribution in [3.05, 3.63) is 0 Å². The quantitative estimate of drug-likeness (QED) is 0.624. The van der Waals surface area contributed by atoms with Gasteiger partial charge in [0, 0.05) is 6.04 Å². The molecule has 6 heteroatoms. The second kappa shape index (κ2) is 2.79. The van der Waals surface area contributed by atoms with Gasteiger partial charge in [0.1, 0.15) is 12.2 Å². The summed E-state index contributed by atoms with van der Waals surface area (Å²) in [6, 6.07) is 0.0919. The van der Waals surface area contributed by atoms with Gasteiger partial charge in [-0.1, -0.05) is 5.22 Å². The zero-order valence-corrected chi connectivity index (χ0v) is 7.62. The van der Waals surface area contributed by atoms with E-state index < -0.39 is 0 Å². The molecule has 0 aromatic rings. The largest absolute Gasteiger partial charge is 0.385 e. The average molecular weight is 180 g/mol. The van der Waals surface area contributed by atoms with Gasteiger partial charge < -0.3 is 5.73 Å². The van der Waals surface area contributed by atoms with E-state index in [1.54, 1.807) is 0 Å². The van der Waals surface area contributed by atoms with Crippen LogP contribution in [0.1, 0.15) is 13.8 Å². The van der Waals surface area contributed by atoms with Crippen molar-refractivity contribution in [2.24, 2.45) is 26.1 Å². The Morgan fingerprint density at radius 3 is 3.00 bits per heavy atom. The van der Waals surface area contributed by atoms with E-state index in [1.165, 1.54) is 6.34 Å². The molecule has 2 atom stereocenters. The fraction of sp³-hybridized carbons (Fsp3) is 0.714. The molecule has 0 saturated heterocycles. The zero-order chi connectivity index (χ0) is 9.42. The van der Waals surface area contributed by atoms with Crippen LogP contribution in [0, 0.1) is 0 Å². The van der Waals surface area contributed by atoms with Crippen LogP contribution in [0.2, 0.25) is 0 Å². The lowest BCUT2D eigenvalue weighted by Gasteiger charge is -2.26. The molecule has 0 saturated carbocycles. The van der Waals surface area contributed by atoms with Crippen molar-refractivity contribution >= 4 is 12.2 Å². The Kier molecular flexibility index (Phi) is 1.75. The highest BCUT2D eigenvalue weighted by atomic mass is 15.6. The minimum Gasteiger partial charge on any atom is -0.385 e. The Labute approximate surface area is 76.2 Å². The Hall–Kier alpha value is -1.46. The number of aliphatic imine (C=N–C) groups is 2. The first kappa shape index (κ1) is 8.15. The number of rotatable bonds is 1. The molecule has 2 heterocycles. The summed E-state index contributed by atoms with van der Waals surface area (Å²) in [7, 11) is 0. The molecule has 2 unspecified atom stereocenters. The van der Waals surface area contributed by atoms with Gasteiger partial charge in [-0.25, -0.2) is 15.0 Å². The molecule has 0 aliphatic carbocycles. The fourth-order valence-electron chi connectivity index (χ4n) is 1.39. The molecule has 0 spiro atoms. The summed E-state index contributed by atoms with van der Waals surface area (Å²) < 4.78 is 0. The van der Waals surface area contributed by atoms with E-state index in [9.17, 15) is 0 Å². The van der Waals surface area contributed by atoms with Gasteiger partial charge in [-0.15, -0.1) is 0 Å². The van der Waals surface area contributed by atoms with Crippen molar-refractivity contribution in [2.45, 2.75) is 32.1 Å². The second-order valence-corrected chi connectivity index (χ2v) is 3.36. The van der Waals surface area contributed by atoms with Crippen molar-refractivity contribution in [2.75, 3.05) is 0 Å². The number of nitrogens with two attached hydrogens (primary N) is 1. The summed E-state index contributed by atoms with van der Waals surface area (Å²) >= 11 is 0. The smallest absolute Gasteiger partial charge is 0.172 e. The van der Waals surface area contributed by atoms with E-state index in [0.717, 1.165) is 0 Å². The normalized spacial score (nSPS) is 31.0. The highest BCUT2D eigenvalue weighted by Crippen LogP contribution is 2.22. The first-order valence-corrected chi connectivity index (χ1v) is 4.24. The third kappa shape index (κ3) is 1.18. The Morgan fingerprint density at radius 1 is 1.54 bits per heavy atom. The van der Waals surface area contributed by atoms with Crippen molar-refractivity contribution < 1.29 is 0 Å². The van der Waals surface area contributed by atoms with E-state index >= 15 is 0 Å². The van der Waals surface area contributed by atoms with Crippen LogP contribution in [0.15, 0.2) is 20.3 Å². The molecule has 2 aliphatic rings. The number of fused-ring (bicyclic) bond motifs is 1. The summed E-state index contributed by atoms with van der Waals surface area (Å²) in [5.41, 5.74) is 5.66. The molecular weight excluding hydrogens is 168 g/mol. The Balaban J connectivity index is 2.23. The lowest BCUT2D eigenvalue weighted by molar-refractivity contribution is 0.187. The molecule has 0 aromatic carbocycles. The van der Waals surface area contributed by atoms with E-state index in [2.05, 4.69) is 20.3 Å². The van der Waals surface area contributed by atoms with Crippen LogP contribution in [0.4, 0.5) is 0 Å². The lowest BCUT2D eigenvalue weighted by Crippen LogP contribution is -2.45. The van der Waals surface area contributed by atoms with Gasteiger partial charge in [-0.3, -0.25) is 0 Å². The van der Waals surface area contributed by atoms with Gasteiger partial charge in [-0.2, -0.15) is 5.11 Å². The lowest BCUT2D eigenvalue weighted by atomic mass is 10.2. The SMILES string of the molecule is CC(C)N1N=NC2C(N)=NC=NC21. The third-order valence-electron chi connectivity index (χ3n) is 2.09. The summed E-state index contributed by atoms with van der Waals surface area (Å²) in [5.74, 6) is 0.493. The minimum absolute atomic E-state index is 0.0856. The zero-order valence-electron chi connectivity index (χ0n) is 7.62. The van der Waals surface area contributed by atoms with Crippen LogP contribution in [0.3, 0.4) is 0 Å². The maximum absolute atomic E-state index is 5.66. The molecule has 0 radical (unpaired) electrons. The summed E-state index contributed by atoms with van der Waals surface area (Å²) in [4.78, 5) is 8.08. The predicted molar refractivity (Wildman–Crippen MR) is 49.5 cm³/mol. The maximum atomic E-state index is 5.66. The molecule has 2 N–H and O–H groups in total. The van der Waals surface area contributed by atoms with Gasteiger partial charge in [0.15, 0.2) is 12.2 Å². The monoisotopic (exact) mass is 180 g/mol. The number of nitrogens with zero attached hydrogens (tertiary/aromatic N) is 5. The van der Waals surface area contributed by atoms with Crippen LogP contribution in [-0.4, -0.2) is 35.4 Å². The van der Waals surface area contributed by atoms with E-state index in [0.29, 0.717) is 5.84 Å². The first-order chi connectivity index (χ1) is 6.20. The van der Waals surface area contributed by atoms with Crippen molar-refractivity contribution in [1.29, 1.82) is 0 Å². The molecule has 0 bridgehead atoms. The first-order valence-electron chi connectivity index (χ1n) is 4.24. The summed E-state index contributed by atoms with van der Waals surface area (Å²) in [5, 5.41) is 9.87. The highest BCUT2D eigenvalue weighted by Gasteiger charge is 2.37. The van der Waals surface area contributed by atoms with Gasteiger partial charge >= 0.3 is 0 Å². The second-order valence-electron chi connectivity index (χ2n) is 3.36. The van der Waals surface area contributed by atoms with E-state index in [4.69, 9.17) is 5.73 Å². The van der Waals surface area contributed by atoms with Crippen LogP contribution >= 0.6 is 0 Å². The van der Waals surface area contributed by atoms with Crippen molar-refractivity contribution in [1.82, 2.24) is 5.01 Å². The maximum Gasteiger partial charge on any atom is 0.172 e. The topological polar surface area (TPSA) is 78.7 Å². The Bertz CT molecular complexity index is 291.